The minimum atomic E-state index is -0.255. The molecule has 0 aliphatic rings. The molecular formula is C19H14FN. The topological polar surface area (TPSA) is 12.4 Å². The minimum absolute atomic E-state index is 0.255. The fourth-order valence-electron chi connectivity index (χ4n) is 2.13. The molecule has 0 spiro atoms. The quantitative estimate of drug-likeness (QED) is 0.597. The zero-order chi connectivity index (χ0) is 14.5. The van der Waals surface area contributed by atoms with E-state index in [-0.39, 0.29) is 5.82 Å². The van der Waals surface area contributed by atoms with Crippen LogP contribution in [0.15, 0.2) is 89.9 Å². The summed E-state index contributed by atoms with van der Waals surface area (Å²) in [6.45, 7) is 0. The lowest BCUT2D eigenvalue weighted by molar-refractivity contribution is 0.628. The number of hydrogen-bond donors (Lipinski definition) is 0. The van der Waals surface area contributed by atoms with Crippen molar-refractivity contribution in [3.63, 3.8) is 0 Å². The number of halogens is 1. The van der Waals surface area contributed by atoms with Crippen LogP contribution < -0.4 is 0 Å². The van der Waals surface area contributed by atoms with Gasteiger partial charge in [-0.2, -0.15) is 0 Å². The highest BCUT2D eigenvalue weighted by Crippen LogP contribution is 2.18. The molecule has 3 rings (SSSR count). The van der Waals surface area contributed by atoms with Crippen molar-refractivity contribution in [3.05, 3.63) is 102 Å². The van der Waals surface area contributed by atoms with Crippen LogP contribution >= 0.6 is 0 Å². The van der Waals surface area contributed by atoms with Gasteiger partial charge in [0.2, 0.25) is 0 Å². The Morgan fingerprint density at radius 2 is 1.10 bits per heavy atom. The van der Waals surface area contributed by atoms with Gasteiger partial charge in [0, 0.05) is 11.1 Å². The molecule has 0 saturated carbocycles. The molecule has 2 heteroatoms. The molecule has 3 aromatic carbocycles. The van der Waals surface area contributed by atoms with Gasteiger partial charge in [-0.15, -0.1) is 0 Å². The van der Waals surface area contributed by atoms with E-state index in [4.69, 9.17) is 4.99 Å². The third-order valence-electron chi connectivity index (χ3n) is 3.16. The summed E-state index contributed by atoms with van der Waals surface area (Å²) in [6, 6.07) is 26.2. The monoisotopic (exact) mass is 275 g/mol. The summed E-state index contributed by atoms with van der Waals surface area (Å²) in [5.74, 6) is -0.255. The van der Waals surface area contributed by atoms with Crippen molar-refractivity contribution in [3.8, 4) is 0 Å². The van der Waals surface area contributed by atoms with Gasteiger partial charge in [0.1, 0.15) is 5.82 Å². The van der Waals surface area contributed by atoms with Crippen molar-refractivity contribution in [2.45, 2.75) is 0 Å². The average molecular weight is 275 g/mol. The Hall–Kier alpha value is -2.74. The predicted octanol–water partition coefficient (Wildman–Crippen LogP) is 4.99. The SMILES string of the molecule is Fc1ccc(N=C(c2ccccc2)c2ccccc2)cc1. The second-order valence-corrected chi connectivity index (χ2v) is 4.67. The van der Waals surface area contributed by atoms with Crippen LogP contribution in [0.25, 0.3) is 0 Å². The van der Waals surface area contributed by atoms with E-state index in [1.165, 1.54) is 12.1 Å². The molecule has 21 heavy (non-hydrogen) atoms. The van der Waals surface area contributed by atoms with Gasteiger partial charge in [0.25, 0.3) is 0 Å². The van der Waals surface area contributed by atoms with Crippen molar-refractivity contribution in [2.24, 2.45) is 4.99 Å². The highest BCUT2D eigenvalue weighted by Gasteiger charge is 2.06. The second kappa shape index (κ2) is 6.14. The molecule has 102 valence electrons. The van der Waals surface area contributed by atoms with Crippen molar-refractivity contribution in [1.29, 1.82) is 0 Å². The summed E-state index contributed by atoms with van der Waals surface area (Å²) in [7, 11) is 0. The molecule has 0 N–H and O–H groups in total. The van der Waals surface area contributed by atoms with Crippen LogP contribution in [0.4, 0.5) is 10.1 Å². The molecule has 0 aromatic heterocycles. The van der Waals surface area contributed by atoms with Crippen LogP contribution in [-0.4, -0.2) is 5.71 Å². The number of hydrogen-bond acceptors (Lipinski definition) is 1. The summed E-state index contributed by atoms with van der Waals surface area (Å²) in [5, 5.41) is 0. The van der Waals surface area contributed by atoms with E-state index in [2.05, 4.69) is 0 Å². The minimum Gasteiger partial charge on any atom is -0.248 e. The number of aliphatic imine (C=N–C) groups is 1. The standard InChI is InChI=1S/C19H14FN/c20-17-11-13-18(14-12-17)21-19(15-7-3-1-4-8-15)16-9-5-2-6-10-16/h1-14H. The number of nitrogens with zero attached hydrogens (tertiary/aromatic N) is 1. The van der Waals surface area contributed by atoms with Gasteiger partial charge >= 0.3 is 0 Å². The molecule has 0 aliphatic heterocycles. The van der Waals surface area contributed by atoms with Gasteiger partial charge in [0.15, 0.2) is 0 Å². The summed E-state index contributed by atoms with van der Waals surface area (Å²) < 4.78 is 13.0. The molecule has 0 heterocycles. The van der Waals surface area contributed by atoms with Crippen molar-refractivity contribution in [2.75, 3.05) is 0 Å². The Labute approximate surface area is 123 Å². The normalized spacial score (nSPS) is 10.1. The maximum atomic E-state index is 13.0. The molecule has 0 atom stereocenters. The molecule has 0 bridgehead atoms. The van der Waals surface area contributed by atoms with Crippen LogP contribution in [0.3, 0.4) is 0 Å². The molecule has 0 saturated heterocycles. The molecule has 0 unspecified atom stereocenters. The Kier molecular flexibility index (Phi) is 3.88. The summed E-state index contributed by atoms with van der Waals surface area (Å²) in [6.07, 6.45) is 0. The summed E-state index contributed by atoms with van der Waals surface area (Å²) >= 11 is 0. The number of benzene rings is 3. The average Bonchev–Trinajstić information content (AvgIpc) is 2.56. The lowest BCUT2D eigenvalue weighted by Crippen LogP contribution is -2.02. The smallest absolute Gasteiger partial charge is 0.123 e. The van der Waals surface area contributed by atoms with Crippen molar-refractivity contribution >= 4 is 11.4 Å². The van der Waals surface area contributed by atoms with Gasteiger partial charge < -0.3 is 0 Å². The zero-order valence-corrected chi connectivity index (χ0v) is 11.4. The van der Waals surface area contributed by atoms with E-state index in [1.54, 1.807) is 12.1 Å². The van der Waals surface area contributed by atoms with Gasteiger partial charge in [-0.25, -0.2) is 9.38 Å². The van der Waals surface area contributed by atoms with Crippen LogP contribution in [0.2, 0.25) is 0 Å². The molecule has 0 fully saturated rings. The molecule has 0 radical (unpaired) electrons. The van der Waals surface area contributed by atoms with Gasteiger partial charge in [-0.05, 0) is 24.3 Å². The van der Waals surface area contributed by atoms with Crippen LogP contribution in [0.5, 0.6) is 0 Å². The fourth-order valence-corrected chi connectivity index (χ4v) is 2.13. The van der Waals surface area contributed by atoms with Gasteiger partial charge in [-0.1, -0.05) is 60.7 Å². The first-order valence-corrected chi connectivity index (χ1v) is 6.78. The van der Waals surface area contributed by atoms with E-state index < -0.39 is 0 Å². The van der Waals surface area contributed by atoms with Crippen LogP contribution in [-0.2, 0) is 0 Å². The van der Waals surface area contributed by atoms with Crippen LogP contribution in [0.1, 0.15) is 11.1 Å². The first kappa shape index (κ1) is 13.3. The van der Waals surface area contributed by atoms with Crippen molar-refractivity contribution in [1.82, 2.24) is 0 Å². The summed E-state index contributed by atoms with van der Waals surface area (Å²) in [4.78, 5) is 4.69. The second-order valence-electron chi connectivity index (χ2n) is 4.67. The van der Waals surface area contributed by atoms with E-state index in [0.717, 1.165) is 22.5 Å². The first-order valence-electron chi connectivity index (χ1n) is 6.78. The Morgan fingerprint density at radius 1 is 0.619 bits per heavy atom. The van der Waals surface area contributed by atoms with Gasteiger partial charge in [-0.3, -0.25) is 0 Å². The fraction of sp³-hybridized carbons (Fsp3) is 0. The Morgan fingerprint density at radius 3 is 1.57 bits per heavy atom. The number of rotatable bonds is 3. The first-order chi connectivity index (χ1) is 10.3. The third-order valence-corrected chi connectivity index (χ3v) is 3.16. The maximum absolute atomic E-state index is 13.0. The van der Waals surface area contributed by atoms with E-state index in [0.29, 0.717) is 0 Å². The van der Waals surface area contributed by atoms with E-state index in [9.17, 15) is 4.39 Å². The largest absolute Gasteiger partial charge is 0.248 e. The molecule has 1 nitrogen and oxygen atoms in total. The lowest BCUT2D eigenvalue weighted by atomic mass is 10.0. The van der Waals surface area contributed by atoms with E-state index in [1.807, 2.05) is 60.7 Å². The predicted molar refractivity (Wildman–Crippen MR) is 84.6 cm³/mol. The van der Waals surface area contributed by atoms with Crippen molar-refractivity contribution < 1.29 is 4.39 Å². The lowest BCUT2D eigenvalue weighted by Gasteiger charge is -2.07. The molecule has 0 aliphatic carbocycles. The molecular weight excluding hydrogens is 261 g/mol. The van der Waals surface area contributed by atoms with Gasteiger partial charge in [0.05, 0.1) is 11.4 Å². The molecule has 3 aromatic rings. The molecule has 0 amide bonds. The Balaban J connectivity index is 2.10. The van der Waals surface area contributed by atoms with E-state index >= 15 is 0 Å². The highest BCUT2D eigenvalue weighted by atomic mass is 19.1. The third kappa shape index (κ3) is 3.23. The summed E-state index contributed by atoms with van der Waals surface area (Å²) in [5.41, 5.74) is 3.68. The van der Waals surface area contributed by atoms with Crippen LogP contribution in [0, 0.1) is 5.82 Å². The Bertz CT molecular complexity index is 690. The highest BCUT2D eigenvalue weighted by molar-refractivity contribution is 6.13. The maximum Gasteiger partial charge on any atom is 0.123 e. The zero-order valence-electron chi connectivity index (χ0n) is 11.4.